The minimum Gasteiger partial charge on any atom is -0.374 e. The van der Waals surface area contributed by atoms with Crippen molar-refractivity contribution in [2.75, 3.05) is 18.1 Å². The van der Waals surface area contributed by atoms with Gasteiger partial charge in [0.15, 0.2) is 5.78 Å². The van der Waals surface area contributed by atoms with Crippen LogP contribution in [0.25, 0.3) is 6.08 Å². The van der Waals surface area contributed by atoms with E-state index in [9.17, 15) is 4.79 Å². The maximum absolute atomic E-state index is 11.6. The fourth-order valence-corrected chi connectivity index (χ4v) is 3.97. The van der Waals surface area contributed by atoms with E-state index in [4.69, 9.17) is 10.1 Å². The van der Waals surface area contributed by atoms with Crippen molar-refractivity contribution in [3.05, 3.63) is 48.5 Å². The largest absolute Gasteiger partial charge is 0.374 e. The maximum atomic E-state index is 11.6. The van der Waals surface area contributed by atoms with Crippen LogP contribution in [0.4, 0.5) is 5.82 Å². The predicted octanol–water partition coefficient (Wildman–Crippen LogP) is 4.75. The number of carbonyl (C=O) groups is 1. The molecule has 0 aromatic carbocycles. The standard InChI is InChI=1S/C24H34N4O2/c1-6-11-20-22(18(4)25)26-17-27-23(20)28-15-16-30-21(12-7-2)24(28,5)14-10-9-13-19(29)8-3/h6,8-11,17,21,25H,3,7,12-16H2,1-2,4-5H3/b10-9+,11-6?,25-18?. The molecule has 6 nitrogen and oxygen atoms in total. The van der Waals surface area contributed by atoms with E-state index in [0.29, 0.717) is 31.0 Å². The fraction of sp³-hybridized carbons (Fsp3) is 0.500. The van der Waals surface area contributed by atoms with Gasteiger partial charge >= 0.3 is 0 Å². The van der Waals surface area contributed by atoms with Crippen LogP contribution < -0.4 is 4.90 Å². The van der Waals surface area contributed by atoms with Gasteiger partial charge in [-0.05, 0) is 39.7 Å². The van der Waals surface area contributed by atoms with Gasteiger partial charge in [0.25, 0.3) is 0 Å². The summed E-state index contributed by atoms with van der Waals surface area (Å²) in [6.07, 6.45) is 13.9. The molecule has 1 saturated heterocycles. The maximum Gasteiger partial charge on any atom is 0.158 e. The van der Waals surface area contributed by atoms with Crippen LogP contribution in [0.2, 0.25) is 0 Å². The van der Waals surface area contributed by atoms with E-state index in [1.807, 2.05) is 25.2 Å². The zero-order valence-electron chi connectivity index (χ0n) is 18.6. The van der Waals surface area contributed by atoms with E-state index < -0.39 is 0 Å². The first-order valence-corrected chi connectivity index (χ1v) is 10.6. The first kappa shape index (κ1) is 23.7. The second-order valence-electron chi connectivity index (χ2n) is 7.79. The second-order valence-corrected chi connectivity index (χ2v) is 7.79. The number of nitrogens with zero attached hydrogens (tertiary/aromatic N) is 3. The molecule has 1 aliphatic rings. The second kappa shape index (κ2) is 11.0. The van der Waals surface area contributed by atoms with Gasteiger partial charge in [-0.1, -0.05) is 44.2 Å². The van der Waals surface area contributed by atoms with Crippen molar-refractivity contribution >= 4 is 23.4 Å². The van der Waals surface area contributed by atoms with E-state index in [-0.39, 0.29) is 17.4 Å². The Morgan fingerprint density at radius 1 is 1.43 bits per heavy atom. The zero-order valence-corrected chi connectivity index (χ0v) is 18.6. The fourth-order valence-electron chi connectivity index (χ4n) is 3.97. The quantitative estimate of drug-likeness (QED) is 0.342. The molecule has 6 heteroatoms. The Balaban J connectivity index is 2.49. The molecule has 1 aromatic rings. The van der Waals surface area contributed by atoms with Crippen molar-refractivity contribution in [1.29, 1.82) is 5.41 Å². The monoisotopic (exact) mass is 410 g/mol. The highest BCUT2D eigenvalue weighted by molar-refractivity contribution is 5.99. The summed E-state index contributed by atoms with van der Waals surface area (Å²) in [6, 6.07) is 0. The number of aromatic nitrogens is 2. The molecule has 0 amide bonds. The lowest BCUT2D eigenvalue weighted by atomic mass is 9.84. The Bertz CT molecular complexity index is 828. The summed E-state index contributed by atoms with van der Waals surface area (Å²) in [6.45, 7) is 12.9. The summed E-state index contributed by atoms with van der Waals surface area (Å²) in [7, 11) is 0. The third kappa shape index (κ3) is 5.30. The molecule has 0 saturated carbocycles. The summed E-state index contributed by atoms with van der Waals surface area (Å²) in [5, 5.41) is 8.15. The Morgan fingerprint density at radius 2 is 2.20 bits per heavy atom. The molecule has 1 aromatic heterocycles. The molecule has 0 radical (unpaired) electrons. The van der Waals surface area contributed by atoms with Gasteiger partial charge < -0.3 is 15.0 Å². The zero-order chi connectivity index (χ0) is 22.1. The Labute approximate surface area is 180 Å². The molecule has 2 atom stereocenters. The van der Waals surface area contributed by atoms with Gasteiger partial charge in [-0.2, -0.15) is 0 Å². The van der Waals surface area contributed by atoms with Crippen LogP contribution >= 0.6 is 0 Å². The van der Waals surface area contributed by atoms with Crippen LogP contribution in [0, 0.1) is 5.41 Å². The SMILES string of the molecule is C=CC(=O)C/C=C/CC1(C)C(CCC)OCCN1c1ncnc(C(C)=N)c1C=CC. The van der Waals surface area contributed by atoms with Crippen LogP contribution in [0.15, 0.2) is 37.2 Å². The molecule has 0 bridgehead atoms. The number of ether oxygens (including phenoxy) is 1. The molecule has 2 heterocycles. The smallest absolute Gasteiger partial charge is 0.158 e. The molecule has 1 aliphatic heterocycles. The molecule has 0 spiro atoms. The van der Waals surface area contributed by atoms with E-state index in [1.54, 1.807) is 13.3 Å². The lowest BCUT2D eigenvalue weighted by Gasteiger charge is -2.50. The third-order valence-electron chi connectivity index (χ3n) is 5.55. The van der Waals surface area contributed by atoms with Crippen molar-refractivity contribution in [1.82, 2.24) is 9.97 Å². The van der Waals surface area contributed by atoms with E-state index in [2.05, 4.69) is 41.4 Å². The molecule has 162 valence electrons. The topological polar surface area (TPSA) is 79.2 Å². The molecule has 2 rings (SSSR count). The summed E-state index contributed by atoms with van der Waals surface area (Å²) in [5.41, 5.74) is 1.59. The Hall–Kier alpha value is -2.60. The number of rotatable bonds is 10. The first-order valence-electron chi connectivity index (χ1n) is 10.6. The average molecular weight is 411 g/mol. The number of morpholine rings is 1. The van der Waals surface area contributed by atoms with Crippen molar-refractivity contribution < 1.29 is 9.53 Å². The minimum absolute atomic E-state index is 0.00975. The van der Waals surface area contributed by atoms with Crippen LogP contribution in [-0.2, 0) is 9.53 Å². The number of ketones is 1. The highest BCUT2D eigenvalue weighted by atomic mass is 16.5. The van der Waals surface area contributed by atoms with Gasteiger partial charge in [0.2, 0.25) is 0 Å². The normalized spacial score (nSPS) is 22.0. The highest BCUT2D eigenvalue weighted by Gasteiger charge is 2.43. The number of hydrogen-bond acceptors (Lipinski definition) is 6. The van der Waals surface area contributed by atoms with Crippen LogP contribution in [0.5, 0.6) is 0 Å². The van der Waals surface area contributed by atoms with Gasteiger partial charge in [-0.3, -0.25) is 4.79 Å². The molecule has 2 unspecified atom stereocenters. The molecule has 0 aliphatic carbocycles. The van der Waals surface area contributed by atoms with E-state index in [0.717, 1.165) is 30.6 Å². The summed E-state index contributed by atoms with van der Waals surface area (Å²) in [5.74, 6) is 0.836. The summed E-state index contributed by atoms with van der Waals surface area (Å²) in [4.78, 5) is 22.9. The number of allylic oxidation sites excluding steroid dienone is 3. The Morgan fingerprint density at radius 3 is 2.83 bits per heavy atom. The first-order chi connectivity index (χ1) is 14.4. The van der Waals surface area contributed by atoms with Gasteiger partial charge in [0, 0.05) is 18.5 Å². The van der Waals surface area contributed by atoms with Crippen molar-refractivity contribution in [2.24, 2.45) is 0 Å². The van der Waals surface area contributed by atoms with E-state index >= 15 is 0 Å². The van der Waals surface area contributed by atoms with Gasteiger partial charge in [-0.25, -0.2) is 9.97 Å². The summed E-state index contributed by atoms with van der Waals surface area (Å²) < 4.78 is 6.20. The lowest BCUT2D eigenvalue weighted by Crippen LogP contribution is -2.61. The van der Waals surface area contributed by atoms with Crippen molar-refractivity contribution in [2.45, 2.75) is 65.0 Å². The van der Waals surface area contributed by atoms with E-state index in [1.165, 1.54) is 6.08 Å². The lowest BCUT2D eigenvalue weighted by molar-refractivity contribution is -0.113. The molecule has 1 N–H and O–H groups in total. The molecular weight excluding hydrogens is 376 g/mol. The Kier molecular flexibility index (Phi) is 8.66. The number of hydrogen-bond donors (Lipinski definition) is 1. The number of anilines is 1. The highest BCUT2D eigenvalue weighted by Crippen LogP contribution is 2.37. The van der Waals surface area contributed by atoms with Crippen molar-refractivity contribution in [3.63, 3.8) is 0 Å². The summed E-state index contributed by atoms with van der Waals surface area (Å²) >= 11 is 0. The molecular formula is C24H34N4O2. The number of carbonyl (C=O) groups excluding carboxylic acids is 1. The molecule has 1 fully saturated rings. The van der Waals surface area contributed by atoms with Crippen LogP contribution in [0.1, 0.15) is 64.6 Å². The molecule has 30 heavy (non-hydrogen) atoms. The predicted molar refractivity (Wildman–Crippen MR) is 123 cm³/mol. The van der Waals surface area contributed by atoms with Gasteiger partial charge in [0.1, 0.15) is 12.1 Å². The van der Waals surface area contributed by atoms with Gasteiger partial charge in [-0.15, -0.1) is 0 Å². The number of nitrogens with one attached hydrogen (secondary N) is 1. The van der Waals surface area contributed by atoms with Crippen LogP contribution in [0.3, 0.4) is 0 Å². The van der Waals surface area contributed by atoms with Crippen molar-refractivity contribution in [3.8, 4) is 0 Å². The van der Waals surface area contributed by atoms with Gasteiger partial charge in [0.05, 0.1) is 29.7 Å². The average Bonchev–Trinajstić information content (AvgIpc) is 2.73. The third-order valence-corrected chi connectivity index (χ3v) is 5.55. The van der Waals surface area contributed by atoms with Crippen LogP contribution in [-0.4, -0.2) is 46.3 Å². The minimum atomic E-state index is -0.333.